The van der Waals surface area contributed by atoms with Crippen LogP contribution < -0.4 is 5.73 Å². The zero-order chi connectivity index (χ0) is 14.9. The van der Waals surface area contributed by atoms with E-state index in [4.69, 9.17) is 5.73 Å². The molecular formula is C15H23BrFN3. The van der Waals surface area contributed by atoms with Gasteiger partial charge in [-0.15, -0.1) is 0 Å². The van der Waals surface area contributed by atoms with E-state index < -0.39 is 0 Å². The summed E-state index contributed by atoms with van der Waals surface area (Å²) in [6, 6.07) is 5.91. The molecule has 1 aromatic carbocycles. The molecule has 0 bridgehead atoms. The van der Waals surface area contributed by atoms with Crippen molar-refractivity contribution >= 4 is 15.9 Å². The first-order valence-corrected chi connectivity index (χ1v) is 7.84. The molecule has 0 aliphatic carbocycles. The maximum Gasteiger partial charge on any atom is 0.128 e. The number of benzene rings is 1. The van der Waals surface area contributed by atoms with E-state index in [1.165, 1.54) is 6.07 Å². The number of piperazine rings is 1. The SMILES string of the molecule is CC1CN(C(CN)c2cc(Br)ccc2F)CC(C)N1C. The van der Waals surface area contributed by atoms with Crippen molar-refractivity contribution in [3.8, 4) is 0 Å². The highest BCUT2D eigenvalue weighted by Gasteiger charge is 2.31. The molecule has 0 saturated carbocycles. The fourth-order valence-corrected chi connectivity index (χ4v) is 3.32. The van der Waals surface area contributed by atoms with Crippen LogP contribution >= 0.6 is 15.9 Å². The molecule has 0 radical (unpaired) electrons. The molecule has 1 aliphatic heterocycles. The quantitative estimate of drug-likeness (QED) is 0.915. The van der Waals surface area contributed by atoms with Gasteiger partial charge in [-0.2, -0.15) is 0 Å². The molecular weight excluding hydrogens is 321 g/mol. The van der Waals surface area contributed by atoms with Crippen LogP contribution in [0, 0.1) is 5.82 Å². The predicted molar refractivity (Wildman–Crippen MR) is 84.2 cm³/mol. The molecule has 0 amide bonds. The molecule has 3 atom stereocenters. The number of hydrogen-bond acceptors (Lipinski definition) is 3. The standard InChI is InChI=1S/C15H23BrFN3/c1-10-8-20(9-11(2)19(10)3)15(7-18)13-6-12(16)4-5-14(13)17/h4-6,10-11,15H,7-9,18H2,1-3H3. The van der Waals surface area contributed by atoms with Crippen LogP contribution in [0.15, 0.2) is 22.7 Å². The molecule has 3 nitrogen and oxygen atoms in total. The number of hydrogen-bond donors (Lipinski definition) is 1. The minimum atomic E-state index is -0.178. The summed E-state index contributed by atoms with van der Waals surface area (Å²) in [5, 5.41) is 0. The third kappa shape index (κ3) is 3.22. The second kappa shape index (κ2) is 6.52. The van der Waals surface area contributed by atoms with Crippen LogP contribution in [0.3, 0.4) is 0 Å². The summed E-state index contributed by atoms with van der Waals surface area (Å²) in [7, 11) is 2.14. The predicted octanol–water partition coefficient (Wildman–Crippen LogP) is 2.61. The lowest BCUT2D eigenvalue weighted by Crippen LogP contribution is -2.56. The number of rotatable bonds is 3. The van der Waals surface area contributed by atoms with Crippen molar-refractivity contribution < 1.29 is 4.39 Å². The van der Waals surface area contributed by atoms with Crippen LogP contribution in [0.5, 0.6) is 0 Å². The van der Waals surface area contributed by atoms with Crippen LogP contribution in [0.25, 0.3) is 0 Å². The highest BCUT2D eigenvalue weighted by Crippen LogP contribution is 2.28. The topological polar surface area (TPSA) is 32.5 Å². The Balaban J connectivity index is 2.26. The van der Waals surface area contributed by atoms with Gasteiger partial charge in [-0.25, -0.2) is 4.39 Å². The highest BCUT2D eigenvalue weighted by atomic mass is 79.9. The zero-order valence-electron chi connectivity index (χ0n) is 12.3. The van der Waals surface area contributed by atoms with E-state index in [0.717, 1.165) is 17.6 Å². The molecule has 2 rings (SSSR count). The van der Waals surface area contributed by atoms with Gasteiger partial charge in [-0.1, -0.05) is 15.9 Å². The fraction of sp³-hybridized carbons (Fsp3) is 0.600. The normalized spacial score (nSPS) is 26.7. The summed E-state index contributed by atoms with van der Waals surface area (Å²) < 4.78 is 15.0. The largest absolute Gasteiger partial charge is 0.329 e. The van der Waals surface area contributed by atoms with Gasteiger partial charge in [0.05, 0.1) is 6.04 Å². The van der Waals surface area contributed by atoms with Crippen LogP contribution in [0.2, 0.25) is 0 Å². The second-order valence-corrected chi connectivity index (χ2v) is 6.65. The molecule has 1 saturated heterocycles. The summed E-state index contributed by atoms with van der Waals surface area (Å²) in [5.74, 6) is -0.178. The van der Waals surface area contributed by atoms with Gasteiger partial charge in [0.1, 0.15) is 5.82 Å². The van der Waals surface area contributed by atoms with Crippen molar-refractivity contribution in [1.82, 2.24) is 9.80 Å². The average Bonchev–Trinajstić information content (AvgIpc) is 2.40. The van der Waals surface area contributed by atoms with Crippen molar-refractivity contribution in [2.45, 2.75) is 32.0 Å². The van der Waals surface area contributed by atoms with Gasteiger partial charge in [0.25, 0.3) is 0 Å². The number of likely N-dealkylation sites (N-methyl/N-ethyl adjacent to an activating group) is 1. The van der Waals surface area contributed by atoms with E-state index in [0.29, 0.717) is 24.2 Å². The van der Waals surface area contributed by atoms with E-state index in [9.17, 15) is 4.39 Å². The van der Waals surface area contributed by atoms with Gasteiger partial charge < -0.3 is 5.73 Å². The summed E-state index contributed by atoms with van der Waals surface area (Å²) in [5.41, 5.74) is 6.63. The van der Waals surface area contributed by atoms with E-state index in [2.05, 4.69) is 46.6 Å². The molecule has 0 aromatic heterocycles. The first kappa shape index (κ1) is 15.9. The molecule has 1 aromatic rings. The zero-order valence-corrected chi connectivity index (χ0v) is 13.9. The van der Waals surface area contributed by atoms with Gasteiger partial charge in [-0.3, -0.25) is 9.80 Å². The molecule has 1 aliphatic rings. The van der Waals surface area contributed by atoms with Gasteiger partial charge in [-0.05, 0) is 39.1 Å². The van der Waals surface area contributed by atoms with Crippen molar-refractivity contribution in [2.24, 2.45) is 5.73 Å². The van der Waals surface area contributed by atoms with Crippen LogP contribution in [-0.4, -0.2) is 48.6 Å². The Morgan fingerprint density at radius 1 is 1.35 bits per heavy atom. The minimum absolute atomic E-state index is 0.0638. The van der Waals surface area contributed by atoms with E-state index in [1.807, 2.05) is 6.07 Å². The van der Waals surface area contributed by atoms with Gasteiger partial charge in [0.15, 0.2) is 0 Å². The summed E-state index contributed by atoms with van der Waals surface area (Å²) in [6.45, 7) is 6.65. The summed E-state index contributed by atoms with van der Waals surface area (Å²) in [4.78, 5) is 4.67. The van der Waals surface area contributed by atoms with E-state index in [-0.39, 0.29) is 11.9 Å². The fourth-order valence-electron chi connectivity index (χ4n) is 2.94. The van der Waals surface area contributed by atoms with Crippen molar-refractivity contribution in [1.29, 1.82) is 0 Å². The first-order valence-electron chi connectivity index (χ1n) is 7.05. The van der Waals surface area contributed by atoms with E-state index >= 15 is 0 Å². The number of nitrogens with two attached hydrogens (primary N) is 1. The van der Waals surface area contributed by atoms with Crippen molar-refractivity contribution in [2.75, 3.05) is 26.7 Å². The number of nitrogens with zero attached hydrogens (tertiary/aromatic N) is 2. The molecule has 1 fully saturated rings. The van der Waals surface area contributed by atoms with Gasteiger partial charge in [0, 0.05) is 41.8 Å². The summed E-state index contributed by atoms with van der Waals surface area (Å²) >= 11 is 3.42. The van der Waals surface area contributed by atoms with Crippen molar-refractivity contribution in [3.63, 3.8) is 0 Å². The third-order valence-electron chi connectivity index (χ3n) is 4.37. The Morgan fingerprint density at radius 2 is 1.95 bits per heavy atom. The van der Waals surface area contributed by atoms with Crippen LogP contribution in [-0.2, 0) is 0 Å². The first-order chi connectivity index (χ1) is 9.43. The summed E-state index contributed by atoms with van der Waals surface area (Å²) in [6.07, 6.45) is 0. The molecule has 112 valence electrons. The minimum Gasteiger partial charge on any atom is -0.329 e. The number of halogens is 2. The Bertz CT molecular complexity index is 456. The monoisotopic (exact) mass is 343 g/mol. The third-order valence-corrected chi connectivity index (χ3v) is 4.86. The Morgan fingerprint density at radius 3 is 2.50 bits per heavy atom. The van der Waals surface area contributed by atoms with Gasteiger partial charge in [0.2, 0.25) is 0 Å². The Labute approximate surface area is 129 Å². The molecule has 5 heteroatoms. The molecule has 1 heterocycles. The maximum absolute atomic E-state index is 14.1. The van der Waals surface area contributed by atoms with Crippen LogP contribution in [0.4, 0.5) is 4.39 Å². The van der Waals surface area contributed by atoms with E-state index in [1.54, 1.807) is 6.07 Å². The molecule has 3 unspecified atom stereocenters. The molecule has 2 N–H and O–H groups in total. The molecule has 20 heavy (non-hydrogen) atoms. The van der Waals surface area contributed by atoms with Crippen molar-refractivity contribution in [3.05, 3.63) is 34.1 Å². The van der Waals surface area contributed by atoms with Gasteiger partial charge >= 0.3 is 0 Å². The second-order valence-electron chi connectivity index (χ2n) is 5.73. The highest BCUT2D eigenvalue weighted by molar-refractivity contribution is 9.10. The maximum atomic E-state index is 14.1. The average molecular weight is 344 g/mol. The van der Waals surface area contributed by atoms with Crippen LogP contribution in [0.1, 0.15) is 25.5 Å². The molecule has 0 spiro atoms. The Kier molecular flexibility index (Phi) is 5.18. The lowest BCUT2D eigenvalue weighted by Gasteiger charge is -2.45. The Hall–Kier alpha value is -0.490. The lowest BCUT2D eigenvalue weighted by atomic mass is 10.0. The smallest absolute Gasteiger partial charge is 0.128 e. The lowest BCUT2D eigenvalue weighted by molar-refractivity contribution is 0.0343.